The van der Waals surface area contributed by atoms with E-state index in [1.165, 1.54) is 25.1 Å². The van der Waals surface area contributed by atoms with E-state index in [0.29, 0.717) is 6.04 Å². The zero-order valence-corrected chi connectivity index (χ0v) is 15.9. The van der Waals surface area contributed by atoms with Gasteiger partial charge in [-0.3, -0.25) is 9.69 Å². The highest BCUT2D eigenvalue weighted by Crippen LogP contribution is 2.26. The normalized spacial score (nSPS) is 25.8. The number of ether oxygens (including phenoxy) is 1. The molecule has 0 spiro atoms. The average molecular weight is 344 g/mol. The Morgan fingerprint density at radius 2 is 1.68 bits per heavy atom. The number of carbonyl (C=O) groups is 1. The molecule has 0 bridgehead atoms. The fourth-order valence-electron chi connectivity index (χ4n) is 4.36. The van der Waals surface area contributed by atoms with Crippen molar-refractivity contribution in [2.75, 3.05) is 32.8 Å². The first-order valence-electron chi connectivity index (χ1n) is 9.72. The summed E-state index contributed by atoms with van der Waals surface area (Å²) in [6.45, 7) is 11.1. The van der Waals surface area contributed by atoms with Crippen LogP contribution in [0.1, 0.15) is 38.7 Å². The maximum absolute atomic E-state index is 12.4. The minimum Gasteiger partial charge on any atom is -0.484 e. The zero-order chi connectivity index (χ0) is 17.8. The van der Waals surface area contributed by atoms with E-state index in [1.54, 1.807) is 0 Å². The van der Waals surface area contributed by atoms with Crippen LogP contribution in [0, 0.1) is 18.8 Å². The molecule has 4 nitrogen and oxygen atoms in total. The SMILES string of the molecule is Cc1ccc(OCC(=O)N2CCC(N3C[C@H](C)C[C@H](C)C3)CC2)cc1. The van der Waals surface area contributed by atoms with Crippen LogP contribution in [0.5, 0.6) is 5.75 Å². The van der Waals surface area contributed by atoms with Gasteiger partial charge >= 0.3 is 0 Å². The Hall–Kier alpha value is -1.55. The number of aryl methyl sites for hydroxylation is 1. The monoisotopic (exact) mass is 344 g/mol. The smallest absolute Gasteiger partial charge is 0.260 e. The quantitative estimate of drug-likeness (QED) is 0.840. The molecule has 2 atom stereocenters. The Morgan fingerprint density at radius 3 is 2.28 bits per heavy atom. The number of likely N-dealkylation sites (tertiary alicyclic amines) is 2. The second kappa shape index (κ2) is 8.22. The molecular formula is C21H32N2O2. The number of amides is 1. The second-order valence-corrected chi connectivity index (χ2v) is 8.11. The van der Waals surface area contributed by atoms with Crippen LogP contribution in [0.2, 0.25) is 0 Å². The van der Waals surface area contributed by atoms with Gasteiger partial charge in [0.05, 0.1) is 0 Å². The van der Waals surface area contributed by atoms with Crippen molar-refractivity contribution in [2.45, 2.75) is 46.1 Å². The van der Waals surface area contributed by atoms with Gasteiger partial charge in [0, 0.05) is 32.2 Å². The molecule has 2 fully saturated rings. The highest BCUT2D eigenvalue weighted by Gasteiger charge is 2.31. The topological polar surface area (TPSA) is 32.8 Å². The van der Waals surface area contributed by atoms with E-state index >= 15 is 0 Å². The lowest BCUT2D eigenvalue weighted by atomic mass is 9.89. The van der Waals surface area contributed by atoms with Crippen molar-refractivity contribution in [3.8, 4) is 5.75 Å². The fourth-order valence-corrected chi connectivity index (χ4v) is 4.36. The van der Waals surface area contributed by atoms with Crippen molar-refractivity contribution >= 4 is 5.91 Å². The van der Waals surface area contributed by atoms with Crippen LogP contribution in [0.25, 0.3) is 0 Å². The number of piperidine rings is 2. The predicted octanol–water partition coefficient (Wildman–Crippen LogP) is 3.34. The molecule has 0 radical (unpaired) electrons. The van der Waals surface area contributed by atoms with E-state index in [2.05, 4.69) is 18.7 Å². The molecule has 138 valence electrons. The fraction of sp³-hybridized carbons (Fsp3) is 0.667. The molecule has 2 saturated heterocycles. The van der Waals surface area contributed by atoms with Crippen LogP contribution in [0.4, 0.5) is 0 Å². The van der Waals surface area contributed by atoms with Gasteiger partial charge in [0.2, 0.25) is 0 Å². The molecule has 0 saturated carbocycles. The molecular weight excluding hydrogens is 312 g/mol. The summed E-state index contributed by atoms with van der Waals surface area (Å²) in [5.41, 5.74) is 1.20. The molecule has 2 heterocycles. The molecule has 1 aromatic carbocycles. The third-order valence-electron chi connectivity index (χ3n) is 5.61. The van der Waals surface area contributed by atoms with Crippen molar-refractivity contribution in [2.24, 2.45) is 11.8 Å². The summed E-state index contributed by atoms with van der Waals surface area (Å²) in [5, 5.41) is 0. The molecule has 3 rings (SSSR count). The number of carbonyl (C=O) groups excluding carboxylic acids is 1. The van der Waals surface area contributed by atoms with Crippen LogP contribution in [0.3, 0.4) is 0 Å². The molecule has 1 amide bonds. The number of benzene rings is 1. The summed E-state index contributed by atoms with van der Waals surface area (Å²) < 4.78 is 5.65. The van der Waals surface area contributed by atoms with E-state index in [4.69, 9.17) is 4.74 Å². The summed E-state index contributed by atoms with van der Waals surface area (Å²) in [6, 6.07) is 8.51. The van der Waals surface area contributed by atoms with Crippen molar-refractivity contribution in [3.05, 3.63) is 29.8 Å². The molecule has 2 aliphatic rings. The highest BCUT2D eigenvalue weighted by molar-refractivity contribution is 5.77. The minimum absolute atomic E-state index is 0.111. The largest absolute Gasteiger partial charge is 0.484 e. The molecule has 4 heteroatoms. The van der Waals surface area contributed by atoms with Gasteiger partial charge in [0.1, 0.15) is 5.75 Å². The first kappa shape index (κ1) is 18.2. The summed E-state index contributed by atoms with van der Waals surface area (Å²) >= 11 is 0. The van der Waals surface area contributed by atoms with Crippen LogP contribution < -0.4 is 4.74 Å². The van der Waals surface area contributed by atoms with Gasteiger partial charge in [0.15, 0.2) is 6.61 Å². The molecule has 0 aromatic heterocycles. The van der Waals surface area contributed by atoms with Crippen molar-refractivity contribution < 1.29 is 9.53 Å². The number of nitrogens with zero attached hydrogens (tertiary/aromatic N) is 2. The Balaban J connectivity index is 1.43. The van der Waals surface area contributed by atoms with Gasteiger partial charge in [-0.15, -0.1) is 0 Å². The summed E-state index contributed by atoms with van der Waals surface area (Å²) in [5.74, 6) is 2.47. The highest BCUT2D eigenvalue weighted by atomic mass is 16.5. The summed E-state index contributed by atoms with van der Waals surface area (Å²) in [7, 11) is 0. The van der Waals surface area contributed by atoms with Crippen molar-refractivity contribution in [3.63, 3.8) is 0 Å². The Kier molecular flexibility index (Phi) is 6.00. The third kappa shape index (κ3) is 4.97. The average Bonchev–Trinajstić information content (AvgIpc) is 2.60. The molecule has 0 aliphatic carbocycles. The molecule has 1 aromatic rings. The molecule has 0 N–H and O–H groups in total. The van der Waals surface area contributed by atoms with Gasteiger partial charge in [-0.2, -0.15) is 0 Å². The lowest BCUT2D eigenvalue weighted by Crippen LogP contribution is -2.51. The van der Waals surface area contributed by atoms with Gasteiger partial charge < -0.3 is 9.64 Å². The van der Waals surface area contributed by atoms with E-state index in [1.807, 2.05) is 36.1 Å². The lowest BCUT2D eigenvalue weighted by molar-refractivity contribution is -0.135. The Morgan fingerprint density at radius 1 is 1.08 bits per heavy atom. The van der Waals surface area contributed by atoms with E-state index < -0.39 is 0 Å². The van der Waals surface area contributed by atoms with Gasteiger partial charge in [-0.25, -0.2) is 0 Å². The zero-order valence-electron chi connectivity index (χ0n) is 15.9. The Bertz CT molecular complexity index is 554. The standard InChI is InChI=1S/C21H32N2O2/c1-16-4-6-20(7-5-16)25-15-21(24)22-10-8-19(9-11-22)23-13-17(2)12-18(3)14-23/h4-7,17-19H,8-15H2,1-3H3/t17-,18+. The molecule has 2 aliphatic heterocycles. The number of rotatable bonds is 4. The minimum atomic E-state index is 0.111. The van der Waals surface area contributed by atoms with E-state index in [0.717, 1.165) is 43.5 Å². The predicted molar refractivity (Wildman–Crippen MR) is 101 cm³/mol. The number of hydrogen-bond donors (Lipinski definition) is 0. The van der Waals surface area contributed by atoms with Crippen molar-refractivity contribution in [1.82, 2.24) is 9.80 Å². The Labute approximate surface area is 152 Å². The van der Waals surface area contributed by atoms with Crippen LogP contribution >= 0.6 is 0 Å². The maximum atomic E-state index is 12.4. The second-order valence-electron chi connectivity index (χ2n) is 8.11. The van der Waals surface area contributed by atoms with Crippen molar-refractivity contribution in [1.29, 1.82) is 0 Å². The first-order chi connectivity index (χ1) is 12.0. The maximum Gasteiger partial charge on any atom is 0.260 e. The van der Waals surface area contributed by atoms with Crippen LogP contribution in [-0.2, 0) is 4.79 Å². The third-order valence-corrected chi connectivity index (χ3v) is 5.61. The van der Waals surface area contributed by atoms with Gasteiger partial charge in [0.25, 0.3) is 5.91 Å². The first-order valence-corrected chi connectivity index (χ1v) is 9.72. The molecule has 25 heavy (non-hydrogen) atoms. The summed E-state index contributed by atoms with van der Waals surface area (Å²) in [4.78, 5) is 17.1. The van der Waals surface area contributed by atoms with E-state index in [9.17, 15) is 4.79 Å². The summed E-state index contributed by atoms with van der Waals surface area (Å²) in [6.07, 6.45) is 3.54. The lowest BCUT2D eigenvalue weighted by Gasteiger charge is -2.43. The van der Waals surface area contributed by atoms with Gasteiger partial charge in [-0.05, 0) is 50.2 Å². The molecule has 0 unspecified atom stereocenters. The van der Waals surface area contributed by atoms with Crippen LogP contribution in [-0.4, -0.2) is 54.5 Å². The van der Waals surface area contributed by atoms with E-state index in [-0.39, 0.29) is 12.5 Å². The number of hydrogen-bond acceptors (Lipinski definition) is 3. The van der Waals surface area contributed by atoms with Crippen LogP contribution in [0.15, 0.2) is 24.3 Å². The van der Waals surface area contributed by atoms with Gasteiger partial charge in [-0.1, -0.05) is 31.5 Å².